The Morgan fingerprint density at radius 1 is 1.30 bits per heavy atom. The fourth-order valence-electron chi connectivity index (χ4n) is 2.20. The number of imide groups is 1. The molecule has 1 saturated heterocycles. The number of carbonyl (C=O) groups excluding carboxylic acids is 2. The maximum absolute atomic E-state index is 12.2. The highest BCUT2D eigenvalue weighted by molar-refractivity contribution is 8.23. The van der Waals surface area contributed by atoms with Gasteiger partial charge in [0.05, 0.1) is 13.0 Å². The topological polar surface area (TPSA) is 46.6 Å². The molecule has 0 N–H and O–H groups in total. The maximum atomic E-state index is 12.2. The number of rotatable bonds is 3. The van der Waals surface area contributed by atoms with Crippen molar-refractivity contribution in [2.24, 2.45) is 5.92 Å². The second-order valence-electron chi connectivity index (χ2n) is 4.52. The summed E-state index contributed by atoms with van der Waals surface area (Å²) < 4.78 is 5.22. The Morgan fingerprint density at radius 3 is 2.55 bits per heavy atom. The second kappa shape index (κ2) is 6.37. The van der Waals surface area contributed by atoms with Crippen LogP contribution in [-0.2, 0) is 20.7 Å². The molecule has 20 heavy (non-hydrogen) atoms. The van der Waals surface area contributed by atoms with E-state index in [1.165, 1.54) is 19.1 Å². The summed E-state index contributed by atoms with van der Waals surface area (Å²) in [5.41, 5.74) is 1.03. The van der Waals surface area contributed by atoms with E-state index in [-0.39, 0.29) is 16.2 Å². The number of benzene rings is 1. The van der Waals surface area contributed by atoms with Crippen molar-refractivity contribution in [1.82, 2.24) is 4.90 Å². The standard InChI is InChI=1S/C14H15NO3S2/c1-15-12(16)10(8-9-6-4-3-5-7-9)11(13(15)17)20-14(19)18-2/h3-7,10-11H,8H2,1-2H3/t10-,11-/m0/s1. The predicted octanol–water partition coefficient (Wildman–Crippen LogP) is 1.88. The summed E-state index contributed by atoms with van der Waals surface area (Å²) in [6.07, 6.45) is 0.528. The Morgan fingerprint density at radius 2 is 1.95 bits per heavy atom. The number of carbonyl (C=O) groups is 2. The number of hydrogen-bond donors (Lipinski definition) is 0. The van der Waals surface area contributed by atoms with Gasteiger partial charge in [0.2, 0.25) is 16.2 Å². The van der Waals surface area contributed by atoms with Crippen molar-refractivity contribution >= 4 is 40.2 Å². The van der Waals surface area contributed by atoms with Crippen molar-refractivity contribution in [2.75, 3.05) is 14.2 Å². The summed E-state index contributed by atoms with van der Waals surface area (Å²) in [6, 6.07) is 9.66. The molecule has 6 heteroatoms. The minimum Gasteiger partial charge on any atom is -0.482 e. The number of likely N-dealkylation sites (tertiary alicyclic amines) is 1. The van der Waals surface area contributed by atoms with Gasteiger partial charge in [-0.15, -0.1) is 0 Å². The predicted molar refractivity (Wildman–Crippen MR) is 82.4 cm³/mol. The normalized spacial score (nSPS) is 22.2. The number of amides is 2. The minimum atomic E-state index is -0.500. The fourth-order valence-corrected chi connectivity index (χ4v) is 3.45. The summed E-state index contributed by atoms with van der Waals surface area (Å²) in [5, 5.41) is -0.500. The molecule has 0 spiro atoms. The zero-order valence-electron chi connectivity index (χ0n) is 11.2. The third kappa shape index (κ3) is 3.02. The quantitative estimate of drug-likeness (QED) is 0.630. The molecule has 0 bridgehead atoms. The van der Waals surface area contributed by atoms with Gasteiger partial charge in [-0.3, -0.25) is 14.5 Å². The first-order chi connectivity index (χ1) is 9.54. The number of ether oxygens (including phenoxy) is 1. The molecule has 1 aliphatic rings. The molecular formula is C14H15NO3S2. The molecule has 106 valence electrons. The minimum absolute atomic E-state index is 0.157. The van der Waals surface area contributed by atoms with E-state index in [2.05, 4.69) is 0 Å². The SMILES string of the molecule is COC(=S)S[C@@H]1C(=O)N(C)C(=O)[C@H]1Cc1ccccc1. The molecule has 0 aliphatic carbocycles. The average molecular weight is 309 g/mol. The van der Waals surface area contributed by atoms with E-state index >= 15 is 0 Å². The summed E-state index contributed by atoms with van der Waals surface area (Å²) >= 11 is 6.15. The van der Waals surface area contributed by atoms with Crippen LogP contribution in [-0.4, -0.2) is 40.5 Å². The van der Waals surface area contributed by atoms with E-state index in [1.54, 1.807) is 0 Å². The van der Waals surface area contributed by atoms with Gasteiger partial charge in [0.15, 0.2) is 0 Å². The van der Waals surface area contributed by atoms with Crippen LogP contribution in [0.15, 0.2) is 30.3 Å². The molecule has 1 aliphatic heterocycles. The lowest BCUT2D eigenvalue weighted by Gasteiger charge is -2.14. The van der Waals surface area contributed by atoms with E-state index in [1.807, 2.05) is 30.3 Å². The van der Waals surface area contributed by atoms with Crippen molar-refractivity contribution in [1.29, 1.82) is 0 Å². The number of methoxy groups -OCH3 is 1. The van der Waals surface area contributed by atoms with E-state index in [9.17, 15) is 9.59 Å². The highest BCUT2D eigenvalue weighted by Crippen LogP contribution is 2.33. The van der Waals surface area contributed by atoms with Gasteiger partial charge in [0, 0.05) is 7.05 Å². The van der Waals surface area contributed by atoms with Gasteiger partial charge >= 0.3 is 0 Å². The molecule has 0 unspecified atom stereocenters. The van der Waals surface area contributed by atoms with Crippen molar-refractivity contribution in [2.45, 2.75) is 11.7 Å². The van der Waals surface area contributed by atoms with Gasteiger partial charge in [-0.25, -0.2) is 0 Å². The van der Waals surface area contributed by atoms with Crippen LogP contribution in [0.25, 0.3) is 0 Å². The van der Waals surface area contributed by atoms with Crippen LogP contribution in [0.2, 0.25) is 0 Å². The molecule has 1 heterocycles. The van der Waals surface area contributed by atoms with Crippen LogP contribution in [0.3, 0.4) is 0 Å². The van der Waals surface area contributed by atoms with Gasteiger partial charge in [0.25, 0.3) is 0 Å². The number of thiocarbonyl (C=S) groups is 1. The van der Waals surface area contributed by atoms with Gasteiger partial charge in [0.1, 0.15) is 5.25 Å². The van der Waals surface area contributed by atoms with Gasteiger partial charge in [-0.1, -0.05) is 42.1 Å². The Bertz CT molecular complexity index is 532. The van der Waals surface area contributed by atoms with E-state index < -0.39 is 11.2 Å². The molecule has 0 radical (unpaired) electrons. The van der Waals surface area contributed by atoms with Gasteiger partial charge in [-0.2, -0.15) is 0 Å². The Kier molecular flexibility index (Phi) is 4.77. The fraction of sp³-hybridized carbons (Fsp3) is 0.357. The van der Waals surface area contributed by atoms with Crippen LogP contribution in [0, 0.1) is 5.92 Å². The van der Waals surface area contributed by atoms with Crippen molar-refractivity contribution in [3.63, 3.8) is 0 Å². The van der Waals surface area contributed by atoms with Gasteiger partial charge < -0.3 is 4.74 Å². The summed E-state index contributed by atoms with van der Waals surface area (Å²) in [5.74, 6) is -0.761. The lowest BCUT2D eigenvalue weighted by atomic mass is 9.97. The molecular weight excluding hydrogens is 294 g/mol. The summed E-state index contributed by atoms with van der Waals surface area (Å²) in [4.78, 5) is 25.5. The first-order valence-corrected chi connectivity index (χ1v) is 7.43. The van der Waals surface area contributed by atoms with E-state index in [0.717, 1.165) is 17.3 Å². The Hall–Kier alpha value is -1.40. The van der Waals surface area contributed by atoms with Crippen LogP contribution >= 0.6 is 24.0 Å². The zero-order valence-corrected chi connectivity index (χ0v) is 12.9. The van der Waals surface area contributed by atoms with Crippen LogP contribution in [0.1, 0.15) is 5.56 Å². The number of nitrogens with zero attached hydrogens (tertiary/aromatic N) is 1. The third-order valence-electron chi connectivity index (χ3n) is 3.28. The van der Waals surface area contributed by atoms with Crippen molar-refractivity contribution in [3.8, 4) is 0 Å². The zero-order chi connectivity index (χ0) is 14.7. The molecule has 1 fully saturated rings. The first-order valence-electron chi connectivity index (χ1n) is 6.14. The second-order valence-corrected chi connectivity index (χ2v) is 6.27. The van der Waals surface area contributed by atoms with Crippen LogP contribution < -0.4 is 0 Å². The monoisotopic (exact) mass is 309 g/mol. The van der Waals surface area contributed by atoms with Crippen molar-refractivity contribution < 1.29 is 14.3 Å². The Balaban J connectivity index is 2.20. The third-order valence-corrected chi connectivity index (χ3v) is 4.87. The largest absolute Gasteiger partial charge is 0.482 e. The number of hydrogen-bond acceptors (Lipinski definition) is 5. The van der Waals surface area contributed by atoms with E-state index in [4.69, 9.17) is 17.0 Å². The van der Waals surface area contributed by atoms with Crippen molar-refractivity contribution in [3.05, 3.63) is 35.9 Å². The molecule has 1 aromatic carbocycles. The number of thioether (sulfide) groups is 1. The molecule has 2 rings (SSSR count). The molecule has 2 amide bonds. The molecule has 0 aromatic heterocycles. The van der Waals surface area contributed by atoms with E-state index in [0.29, 0.717) is 6.42 Å². The highest BCUT2D eigenvalue weighted by Gasteiger charge is 2.46. The summed E-state index contributed by atoms with van der Waals surface area (Å²) in [6.45, 7) is 0. The molecule has 2 atom stereocenters. The highest BCUT2D eigenvalue weighted by atomic mass is 32.2. The smallest absolute Gasteiger partial charge is 0.243 e. The Labute approximate surface area is 127 Å². The van der Waals surface area contributed by atoms with Gasteiger partial charge in [-0.05, 0) is 24.2 Å². The molecule has 0 saturated carbocycles. The maximum Gasteiger partial charge on any atom is 0.243 e. The average Bonchev–Trinajstić information content (AvgIpc) is 2.66. The first kappa shape index (κ1) is 15.0. The summed E-state index contributed by atoms with van der Waals surface area (Å²) in [7, 11) is 2.98. The van der Waals surface area contributed by atoms with Crippen LogP contribution in [0.5, 0.6) is 0 Å². The lowest BCUT2D eigenvalue weighted by Crippen LogP contribution is -2.27. The lowest BCUT2D eigenvalue weighted by molar-refractivity contribution is -0.137. The van der Waals surface area contributed by atoms with Crippen LogP contribution in [0.4, 0.5) is 0 Å². The molecule has 4 nitrogen and oxygen atoms in total. The molecule has 1 aromatic rings.